The van der Waals surface area contributed by atoms with Gasteiger partial charge in [0.15, 0.2) is 0 Å². The van der Waals surface area contributed by atoms with Gasteiger partial charge in [0.1, 0.15) is 6.10 Å². The van der Waals surface area contributed by atoms with Crippen molar-refractivity contribution in [3.63, 3.8) is 0 Å². The Labute approximate surface area is 97.3 Å². The summed E-state index contributed by atoms with van der Waals surface area (Å²) in [6.45, 7) is 2.50. The first-order valence-electron chi connectivity index (χ1n) is 5.43. The zero-order chi connectivity index (χ0) is 10.2. The second kappa shape index (κ2) is 8.95. The van der Waals surface area contributed by atoms with Crippen molar-refractivity contribution in [2.45, 2.75) is 38.2 Å². The fourth-order valence-electron chi connectivity index (χ4n) is 1.58. The lowest BCUT2D eigenvalue weighted by atomic mass is 10.1. The summed E-state index contributed by atoms with van der Waals surface area (Å²) in [6.07, 6.45) is 4.44. The number of rotatable bonds is 5. The number of nitrogens with two attached hydrogens (primary N) is 1. The van der Waals surface area contributed by atoms with E-state index in [4.69, 9.17) is 10.5 Å². The first-order chi connectivity index (χ1) is 6.83. The Balaban J connectivity index is 0.00000196. The smallest absolute Gasteiger partial charge is 0.306 e. The number of carbonyl (C=O) groups is 1. The van der Waals surface area contributed by atoms with Gasteiger partial charge in [0.25, 0.3) is 0 Å². The van der Waals surface area contributed by atoms with Crippen molar-refractivity contribution in [3.05, 3.63) is 0 Å². The van der Waals surface area contributed by atoms with Gasteiger partial charge < -0.3 is 15.8 Å². The molecule has 1 aliphatic heterocycles. The van der Waals surface area contributed by atoms with Crippen LogP contribution in [0.2, 0.25) is 0 Å². The predicted octanol–water partition coefficient (Wildman–Crippen LogP) is 0.832. The third-order valence-electron chi connectivity index (χ3n) is 2.38. The van der Waals surface area contributed by atoms with Crippen LogP contribution in [0.4, 0.5) is 0 Å². The van der Waals surface area contributed by atoms with Gasteiger partial charge in [0.2, 0.25) is 0 Å². The molecule has 0 aromatic heterocycles. The molecule has 1 fully saturated rings. The van der Waals surface area contributed by atoms with Gasteiger partial charge in [-0.25, -0.2) is 0 Å². The summed E-state index contributed by atoms with van der Waals surface area (Å²) < 4.78 is 5.30. The maximum atomic E-state index is 11.3. The van der Waals surface area contributed by atoms with E-state index in [9.17, 15) is 4.79 Å². The molecule has 3 N–H and O–H groups in total. The Kier molecular flexibility index (Phi) is 8.76. The zero-order valence-electron chi connectivity index (χ0n) is 9.04. The van der Waals surface area contributed by atoms with Crippen molar-refractivity contribution in [2.75, 3.05) is 19.6 Å². The number of carbonyl (C=O) groups excluding carboxylic acids is 1. The van der Waals surface area contributed by atoms with Crippen LogP contribution in [0.15, 0.2) is 0 Å². The highest BCUT2D eigenvalue weighted by Crippen LogP contribution is 2.08. The summed E-state index contributed by atoms with van der Waals surface area (Å²) in [5.74, 6) is -0.0767. The van der Waals surface area contributed by atoms with Gasteiger partial charge in [-0.2, -0.15) is 0 Å². The molecule has 1 saturated heterocycles. The number of hydrogen-bond donors (Lipinski definition) is 2. The van der Waals surface area contributed by atoms with Crippen molar-refractivity contribution >= 4 is 18.4 Å². The number of hydrogen-bond acceptors (Lipinski definition) is 4. The lowest BCUT2D eigenvalue weighted by Gasteiger charge is -2.22. The van der Waals surface area contributed by atoms with E-state index in [1.165, 1.54) is 0 Å². The van der Waals surface area contributed by atoms with E-state index in [1.807, 2.05) is 0 Å². The Morgan fingerprint density at radius 2 is 2.27 bits per heavy atom. The normalized spacial score (nSPS) is 20.5. The van der Waals surface area contributed by atoms with E-state index in [0.717, 1.165) is 38.8 Å². The average molecular weight is 237 g/mol. The maximum Gasteiger partial charge on any atom is 0.306 e. The van der Waals surface area contributed by atoms with Crippen LogP contribution in [0, 0.1) is 0 Å². The molecule has 1 unspecified atom stereocenters. The van der Waals surface area contributed by atoms with Crippen LogP contribution in [0.1, 0.15) is 32.1 Å². The third-order valence-corrected chi connectivity index (χ3v) is 2.38. The van der Waals surface area contributed by atoms with E-state index in [-0.39, 0.29) is 24.5 Å². The molecule has 90 valence electrons. The van der Waals surface area contributed by atoms with E-state index in [2.05, 4.69) is 5.32 Å². The number of halogens is 1. The molecule has 0 spiro atoms. The SMILES string of the molecule is Cl.NCCCCC(=O)OC1CCCNC1. The number of unbranched alkanes of at least 4 members (excludes halogenated alkanes) is 1. The summed E-state index contributed by atoms with van der Waals surface area (Å²) in [5.41, 5.74) is 5.34. The molecule has 1 atom stereocenters. The minimum atomic E-state index is -0.0767. The molecular formula is C10H21ClN2O2. The molecule has 1 rings (SSSR count). The second-order valence-electron chi connectivity index (χ2n) is 3.70. The lowest BCUT2D eigenvalue weighted by Crippen LogP contribution is -2.36. The summed E-state index contributed by atoms with van der Waals surface area (Å²) in [7, 11) is 0. The van der Waals surface area contributed by atoms with Gasteiger partial charge in [-0.1, -0.05) is 0 Å². The lowest BCUT2D eigenvalue weighted by molar-refractivity contribution is -0.149. The van der Waals surface area contributed by atoms with Crippen LogP contribution in [0.25, 0.3) is 0 Å². The quantitative estimate of drug-likeness (QED) is 0.548. The first-order valence-corrected chi connectivity index (χ1v) is 5.43. The third kappa shape index (κ3) is 6.71. The topological polar surface area (TPSA) is 64.4 Å². The molecule has 0 aliphatic carbocycles. The van der Waals surface area contributed by atoms with E-state index < -0.39 is 0 Å². The van der Waals surface area contributed by atoms with Gasteiger partial charge >= 0.3 is 5.97 Å². The van der Waals surface area contributed by atoms with Crippen LogP contribution in [-0.4, -0.2) is 31.7 Å². The Morgan fingerprint density at radius 1 is 1.47 bits per heavy atom. The maximum absolute atomic E-state index is 11.3. The minimum absolute atomic E-state index is 0. The van der Waals surface area contributed by atoms with E-state index >= 15 is 0 Å². The fourth-order valence-corrected chi connectivity index (χ4v) is 1.58. The number of esters is 1. The molecule has 1 aliphatic rings. The Morgan fingerprint density at radius 3 is 2.87 bits per heavy atom. The molecule has 0 aromatic rings. The minimum Gasteiger partial charge on any atom is -0.461 e. The second-order valence-corrected chi connectivity index (χ2v) is 3.70. The fraction of sp³-hybridized carbons (Fsp3) is 0.900. The molecule has 15 heavy (non-hydrogen) atoms. The number of piperidine rings is 1. The van der Waals surface area contributed by atoms with Crippen molar-refractivity contribution in [2.24, 2.45) is 5.73 Å². The van der Waals surface area contributed by atoms with Gasteiger partial charge in [0.05, 0.1) is 0 Å². The Hall–Kier alpha value is -0.320. The van der Waals surface area contributed by atoms with Crippen LogP contribution in [0.3, 0.4) is 0 Å². The van der Waals surface area contributed by atoms with Crippen LogP contribution in [-0.2, 0) is 9.53 Å². The molecule has 0 aromatic carbocycles. The van der Waals surface area contributed by atoms with Crippen molar-refractivity contribution in [1.29, 1.82) is 0 Å². The summed E-state index contributed by atoms with van der Waals surface area (Å²) >= 11 is 0. The van der Waals surface area contributed by atoms with Crippen LogP contribution >= 0.6 is 12.4 Å². The number of ether oxygens (including phenoxy) is 1. The zero-order valence-corrected chi connectivity index (χ0v) is 9.85. The highest BCUT2D eigenvalue weighted by molar-refractivity contribution is 5.85. The molecule has 0 bridgehead atoms. The predicted molar refractivity (Wildman–Crippen MR) is 62.1 cm³/mol. The monoisotopic (exact) mass is 236 g/mol. The standard InChI is InChI=1S/C10H20N2O2.ClH/c11-6-2-1-5-10(13)14-9-4-3-7-12-8-9;/h9,12H,1-8,11H2;1H. The molecule has 4 nitrogen and oxygen atoms in total. The molecule has 5 heteroatoms. The highest BCUT2D eigenvalue weighted by atomic mass is 35.5. The van der Waals surface area contributed by atoms with Gasteiger partial charge in [-0.15, -0.1) is 12.4 Å². The average Bonchev–Trinajstić information content (AvgIpc) is 2.20. The van der Waals surface area contributed by atoms with Crippen molar-refractivity contribution in [3.8, 4) is 0 Å². The van der Waals surface area contributed by atoms with E-state index in [0.29, 0.717) is 13.0 Å². The molecular weight excluding hydrogens is 216 g/mol. The van der Waals surface area contributed by atoms with Crippen molar-refractivity contribution < 1.29 is 9.53 Å². The van der Waals surface area contributed by atoms with Crippen molar-refractivity contribution in [1.82, 2.24) is 5.32 Å². The van der Waals surface area contributed by atoms with E-state index in [1.54, 1.807) is 0 Å². The highest BCUT2D eigenvalue weighted by Gasteiger charge is 2.16. The Bertz CT molecular complexity index is 173. The van der Waals surface area contributed by atoms with Crippen LogP contribution in [0.5, 0.6) is 0 Å². The number of nitrogens with one attached hydrogen (secondary N) is 1. The summed E-state index contributed by atoms with van der Waals surface area (Å²) in [6, 6.07) is 0. The summed E-state index contributed by atoms with van der Waals surface area (Å²) in [4.78, 5) is 11.3. The molecule has 0 amide bonds. The largest absolute Gasteiger partial charge is 0.461 e. The molecule has 1 heterocycles. The van der Waals surface area contributed by atoms with Gasteiger partial charge in [-0.05, 0) is 38.8 Å². The van der Waals surface area contributed by atoms with Gasteiger partial charge in [0, 0.05) is 13.0 Å². The molecule has 0 radical (unpaired) electrons. The van der Waals surface area contributed by atoms with Gasteiger partial charge in [-0.3, -0.25) is 4.79 Å². The molecule has 0 saturated carbocycles. The first kappa shape index (κ1) is 14.7. The van der Waals surface area contributed by atoms with Crippen LogP contribution < -0.4 is 11.1 Å². The summed E-state index contributed by atoms with van der Waals surface area (Å²) in [5, 5.41) is 3.21.